The summed E-state index contributed by atoms with van der Waals surface area (Å²) in [4.78, 5) is 19.0. The molecule has 20 heavy (non-hydrogen) atoms. The van der Waals surface area contributed by atoms with Gasteiger partial charge in [0, 0.05) is 13.1 Å². The molecular weight excluding hydrogens is 298 g/mol. The van der Waals surface area contributed by atoms with E-state index in [0.717, 1.165) is 56.4 Å². The number of nitrogens with one attached hydrogen (secondary N) is 1. The quantitative estimate of drug-likeness (QED) is 0.922. The first-order valence-electron chi connectivity index (χ1n) is 6.61. The Morgan fingerprint density at radius 3 is 2.40 bits per heavy atom. The number of anilines is 1. The lowest BCUT2D eigenvalue weighted by Gasteiger charge is -2.19. The minimum absolute atomic E-state index is 0.0385. The second-order valence-corrected chi connectivity index (χ2v) is 7.76. The van der Waals surface area contributed by atoms with E-state index in [4.69, 9.17) is 0 Å². The highest BCUT2D eigenvalue weighted by Gasteiger charge is 2.22. The predicted molar refractivity (Wildman–Crippen MR) is 79.7 cm³/mol. The van der Waals surface area contributed by atoms with Crippen LogP contribution in [0.1, 0.15) is 41.0 Å². The maximum atomic E-state index is 12.5. The van der Waals surface area contributed by atoms with Crippen molar-refractivity contribution in [1.29, 1.82) is 0 Å². The molecule has 1 amide bonds. The Hall–Kier alpha value is -1.15. The van der Waals surface area contributed by atoms with E-state index in [1.807, 2.05) is 4.90 Å². The maximum Gasteiger partial charge on any atom is 0.265 e. The fourth-order valence-electron chi connectivity index (χ4n) is 2.21. The summed E-state index contributed by atoms with van der Waals surface area (Å²) < 4.78 is 24.7. The Labute approximate surface area is 123 Å². The SMILES string of the molecule is Cc1nc(NS(C)(=O)=O)sc1C(=O)N1CCCCCC1. The third-order valence-electron chi connectivity index (χ3n) is 3.16. The second-order valence-electron chi connectivity index (χ2n) is 5.01. The van der Waals surface area contributed by atoms with Gasteiger partial charge in [0.1, 0.15) is 4.88 Å². The van der Waals surface area contributed by atoms with Crippen molar-refractivity contribution in [2.24, 2.45) is 0 Å². The number of carbonyl (C=O) groups is 1. The van der Waals surface area contributed by atoms with Gasteiger partial charge in [-0.3, -0.25) is 9.52 Å². The van der Waals surface area contributed by atoms with Gasteiger partial charge in [-0.2, -0.15) is 0 Å². The molecule has 0 spiro atoms. The van der Waals surface area contributed by atoms with Crippen molar-refractivity contribution in [2.45, 2.75) is 32.6 Å². The van der Waals surface area contributed by atoms with Crippen LogP contribution >= 0.6 is 11.3 Å². The Morgan fingerprint density at radius 1 is 1.25 bits per heavy atom. The molecule has 0 unspecified atom stereocenters. The molecule has 0 saturated carbocycles. The lowest BCUT2D eigenvalue weighted by atomic mass is 10.2. The molecule has 0 radical (unpaired) electrons. The van der Waals surface area contributed by atoms with Gasteiger partial charge in [0.25, 0.3) is 5.91 Å². The molecule has 0 aromatic carbocycles. The molecule has 1 saturated heterocycles. The number of carbonyl (C=O) groups excluding carboxylic acids is 1. The second kappa shape index (κ2) is 6.09. The largest absolute Gasteiger partial charge is 0.338 e. The molecule has 0 atom stereocenters. The van der Waals surface area contributed by atoms with E-state index < -0.39 is 10.0 Å². The number of aryl methyl sites for hydroxylation is 1. The van der Waals surface area contributed by atoms with Crippen LogP contribution in [0.3, 0.4) is 0 Å². The van der Waals surface area contributed by atoms with Crippen LogP contribution in [0.2, 0.25) is 0 Å². The lowest BCUT2D eigenvalue weighted by Crippen LogP contribution is -2.31. The molecule has 0 bridgehead atoms. The third kappa shape index (κ3) is 3.92. The van der Waals surface area contributed by atoms with Gasteiger partial charge in [-0.25, -0.2) is 13.4 Å². The van der Waals surface area contributed by atoms with Crippen LogP contribution in [-0.2, 0) is 10.0 Å². The molecule has 1 aliphatic rings. The topological polar surface area (TPSA) is 79.4 Å². The number of aromatic nitrogens is 1. The molecule has 0 aliphatic carbocycles. The first-order valence-corrected chi connectivity index (χ1v) is 9.32. The summed E-state index contributed by atoms with van der Waals surface area (Å²) in [6.45, 7) is 3.27. The van der Waals surface area contributed by atoms with E-state index >= 15 is 0 Å². The van der Waals surface area contributed by atoms with Crippen molar-refractivity contribution in [1.82, 2.24) is 9.88 Å². The summed E-state index contributed by atoms with van der Waals surface area (Å²) in [7, 11) is -3.36. The summed E-state index contributed by atoms with van der Waals surface area (Å²) in [5.74, 6) is -0.0385. The van der Waals surface area contributed by atoms with Crippen molar-refractivity contribution in [3.8, 4) is 0 Å². The Morgan fingerprint density at radius 2 is 1.85 bits per heavy atom. The Balaban J connectivity index is 2.17. The molecule has 2 rings (SSSR count). The van der Waals surface area contributed by atoms with E-state index in [1.54, 1.807) is 6.92 Å². The first-order chi connectivity index (χ1) is 9.37. The van der Waals surface area contributed by atoms with Crippen LogP contribution in [0.4, 0.5) is 5.13 Å². The molecule has 1 aromatic rings. The van der Waals surface area contributed by atoms with Crippen molar-refractivity contribution in [3.05, 3.63) is 10.6 Å². The van der Waals surface area contributed by atoms with Crippen LogP contribution in [0.15, 0.2) is 0 Å². The molecular formula is C12H19N3O3S2. The highest BCUT2D eigenvalue weighted by atomic mass is 32.2. The van der Waals surface area contributed by atoms with Gasteiger partial charge in [0.15, 0.2) is 5.13 Å². The highest BCUT2D eigenvalue weighted by molar-refractivity contribution is 7.92. The summed E-state index contributed by atoms with van der Waals surface area (Å²) in [5.41, 5.74) is 0.579. The summed E-state index contributed by atoms with van der Waals surface area (Å²) in [6, 6.07) is 0. The molecule has 1 fully saturated rings. The third-order valence-corrected chi connectivity index (χ3v) is 4.91. The van der Waals surface area contributed by atoms with Crippen molar-refractivity contribution in [2.75, 3.05) is 24.1 Å². The molecule has 6 nitrogen and oxygen atoms in total. The van der Waals surface area contributed by atoms with E-state index in [-0.39, 0.29) is 11.0 Å². The van der Waals surface area contributed by atoms with Gasteiger partial charge in [-0.1, -0.05) is 24.2 Å². The zero-order chi connectivity index (χ0) is 14.8. The van der Waals surface area contributed by atoms with Crippen LogP contribution in [0, 0.1) is 6.92 Å². The minimum atomic E-state index is -3.36. The first kappa shape index (κ1) is 15.2. The summed E-state index contributed by atoms with van der Waals surface area (Å²) in [5, 5.41) is 0.253. The number of thiazole rings is 1. The van der Waals surface area contributed by atoms with Crippen LogP contribution in [0.5, 0.6) is 0 Å². The van der Waals surface area contributed by atoms with Crippen molar-refractivity contribution in [3.63, 3.8) is 0 Å². The van der Waals surface area contributed by atoms with Gasteiger partial charge in [0.2, 0.25) is 10.0 Å². The lowest BCUT2D eigenvalue weighted by molar-refractivity contribution is 0.0765. The number of hydrogen-bond acceptors (Lipinski definition) is 5. The number of nitrogens with zero attached hydrogens (tertiary/aromatic N) is 2. The number of sulfonamides is 1. The van der Waals surface area contributed by atoms with Crippen molar-refractivity contribution >= 4 is 32.4 Å². The van der Waals surface area contributed by atoms with Gasteiger partial charge in [-0.15, -0.1) is 0 Å². The van der Waals surface area contributed by atoms with E-state index in [2.05, 4.69) is 9.71 Å². The number of likely N-dealkylation sites (tertiary alicyclic amines) is 1. The van der Waals surface area contributed by atoms with Crippen molar-refractivity contribution < 1.29 is 13.2 Å². The van der Waals surface area contributed by atoms with E-state index in [1.165, 1.54) is 0 Å². The van der Waals surface area contributed by atoms with Crippen LogP contribution in [-0.4, -0.2) is 43.6 Å². The molecule has 8 heteroatoms. The predicted octanol–water partition coefficient (Wildman–Crippen LogP) is 1.84. The fraction of sp³-hybridized carbons (Fsp3) is 0.667. The number of hydrogen-bond donors (Lipinski definition) is 1. The van der Waals surface area contributed by atoms with Crippen LogP contribution in [0.25, 0.3) is 0 Å². The molecule has 1 N–H and O–H groups in total. The normalized spacial score (nSPS) is 16.8. The number of amides is 1. The van der Waals surface area contributed by atoms with Crippen LogP contribution < -0.4 is 4.72 Å². The minimum Gasteiger partial charge on any atom is -0.338 e. The monoisotopic (exact) mass is 317 g/mol. The average molecular weight is 317 g/mol. The number of rotatable bonds is 3. The standard InChI is InChI=1S/C12H19N3O3S2/c1-9-10(19-12(13-9)14-20(2,17)18)11(16)15-7-5-3-4-6-8-15/h3-8H2,1-2H3,(H,13,14). The molecule has 112 valence electrons. The molecule has 1 aromatic heterocycles. The zero-order valence-corrected chi connectivity index (χ0v) is 13.3. The van der Waals surface area contributed by atoms with Gasteiger partial charge < -0.3 is 4.90 Å². The zero-order valence-electron chi connectivity index (χ0n) is 11.7. The average Bonchev–Trinajstić information content (AvgIpc) is 2.56. The Bertz CT molecular complexity index is 587. The summed E-state index contributed by atoms with van der Waals surface area (Å²) >= 11 is 1.10. The smallest absolute Gasteiger partial charge is 0.265 e. The van der Waals surface area contributed by atoms with Gasteiger partial charge >= 0.3 is 0 Å². The highest BCUT2D eigenvalue weighted by Crippen LogP contribution is 2.25. The maximum absolute atomic E-state index is 12.5. The fourth-order valence-corrected chi connectivity index (χ4v) is 3.98. The summed E-state index contributed by atoms with van der Waals surface area (Å²) in [6.07, 6.45) is 5.44. The van der Waals surface area contributed by atoms with Gasteiger partial charge in [-0.05, 0) is 19.8 Å². The molecule has 1 aliphatic heterocycles. The Kier molecular flexibility index (Phi) is 4.64. The van der Waals surface area contributed by atoms with E-state index in [0.29, 0.717) is 10.6 Å². The molecule has 2 heterocycles. The van der Waals surface area contributed by atoms with Gasteiger partial charge in [0.05, 0.1) is 11.9 Å². The van der Waals surface area contributed by atoms with E-state index in [9.17, 15) is 13.2 Å².